The smallest absolute Gasteiger partial charge is 0.122 e. The lowest BCUT2D eigenvalue weighted by molar-refractivity contribution is 1.29. The largest absolute Gasteiger partial charge is 0.738 e. The first-order valence-electron chi connectivity index (χ1n) is 16.6. The molecular weight excluding hydrogens is 686 g/mol. The molecule has 0 N–H and O–H groups in total. The van der Waals surface area contributed by atoms with Crippen molar-refractivity contribution in [2.75, 3.05) is 0 Å². The average Bonchev–Trinajstić information content (AvgIpc) is 3.42. The fourth-order valence-corrected chi connectivity index (χ4v) is 32.1. The van der Waals surface area contributed by atoms with Gasteiger partial charge in [-0.25, -0.2) is 0 Å². The van der Waals surface area contributed by atoms with Crippen molar-refractivity contribution in [2.24, 2.45) is 0 Å². The summed E-state index contributed by atoms with van der Waals surface area (Å²) in [5, 5.41) is 5.14. The standard InChI is InChI=1S/C44H36P3S2/c48-47(49)43(45(35-21-7-1-8-22-35,36-23-9-2-10-24-36)37-25-11-3-12-26-37)41-33-19-20-34-42(41)44(47)46(38-27-13-4-14-28-38,39-29-15-5-16-30-39)40-31-17-6-18-32-40/h1-34,43-44H/q+1. The fourth-order valence-electron chi connectivity index (χ4n) is 8.12. The first kappa shape index (κ1) is 32.6. The van der Waals surface area contributed by atoms with Crippen molar-refractivity contribution in [2.45, 2.75) is 10.8 Å². The molecule has 49 heavy (non-hydrogen) atoms. The monoisotopic (exact) mass is 721 g/mol. The lowest BCUT2D eigenvalue weighted by atomic mass is 10.1. The van der Waals surface area contributed by atoms with Gasteiger partial charge < -0.3 is 12.2 Å². The number of hydrogen-bond donors (Lipinski definition) is 0. The van der Waals surface area contributed by atoms with Gasteiger partial charge in [-0.05, 0) is 72.8 Å². The summed E-state index contributed by atoms with van der Waals surface area (Å²) in [4.78, 5) is 0. The van der Waals surface area contributed by atoms with Gasteiger partial charge in [-0.2, -0.15) is 0 Å². The molecule has 7 aromatic carbocycles. The van der Waals surface area contributed by atoms with E-state index in [0.717, 1.165) is 0 Å². The first-order chi connectivity index (χ1) is 24.1. The van der Waals surface area contributed by atoms with Gasteiger partial charge in [0, 0.05) is 11.1 Å². The molecule has 0 aliphatic carbocycles. The molecule has 1 aliphatic heterocycles. The highest BCUT2D eigenvalue weighted by atomic mass is 32.9. The third-order valence-corrected chi connectivity index (χ3v) is 29.2. The number of fused-ring (bicyclic) bond motifs is 1. The van der Waals surface area contributed by atoms with E-state index in [1.54, 1.807) is 0 Å². The van der Waals surface area contributed by atoms with E-state index in [1.807, 2.05) is 0 Å². The second-order valence-corrected chi connectivity index (χ2v) is 27.0. The van der Waals surface area contributed by atoms with E-state index >= 15 is 0 Å². The lowest BCUT2D eigenvalue weighted by Gasteiger charge is -2.46. The van der Waals surface area contributed by atoms with Gasteiger partial charge in [0.25, 0.3) is 0 Å². The van der Waals surface area contributed by atoms with Crippen LogP contribution in [0.2, 0.25) is 0 Å². The Bertz CT molecular complexity index is 1860. The predicted molar refractivity (Wildman–Crippen MR) is 224 cm³/mol. The van der Waals surface area contributed by atoms with Crippen molar-refractivity contribution < 1.29 is 0 Å². The molecule has 0 saturated carbocycles. The number of hydrogen-bond acceptors (Lipinski definition) is 2. The molecule has 0 nitrogen and oxygen atoms in total. The van der Waals surface area contributed by atoms with Crippen molar-refractivity contribution >= 4 is 75.6 Å². The molecule has 0 radical (unpaired) electrons. The Morgan fingerprint density at radius 1 is 0.327 bits per heavy atom. The highest BCUT2D eigenvalue weighted by Gasteiger charge is 2.67. The molecule has 5 heteroatoms. The van der Waals surface area contributed by atoms with Gasteiger partial charge in [0.2, 0.25) is 0 Å². The van der Waals surface area contributed by atoms with Crippen LogP contribution in [0.1, 0.15) is 21.9 Å². The summed E-state index contributed by atoms with van der Waals surface area (Å²) in [6, 6.07) is 76.2. The van der Waals surface area contributed by atoms with Crippen molar-refractivity contribution in [1.82, 2.24) is 0 Å². The van der Waals surface area contributed by atoms with Crippen LogP contribution in [0.5, 0.6) is 0 Å². The quantitative estimate of drug-likeness (QED) is 0.113. The van der Waals surface area contributed by atoms with Gasteiger partial charge in [0.15, 0.2) is 0 Å². The Hall–Kier alpha value is -3.60. The second kappa shape index (κ2) is 13.6. The van der Waals surface area contributed by atoms with Crippen LogP contribution in [0.3, 0.4) is 0 Å². The summed E-state index contributed by atoms with van der Waals surface area (Å²) in [6.45, 7) is 0. The number of rotatable bonds is 8. The van der Waals surface area contributed by atoms with Crippen molar-refractivity contribution in [1.29, 1.82) is 0 Å². The zero-order chi connectivity index (χ0) is 33.3. The molecule has 0 aromatic heterocycles. The summed E-state index contributed by atoms with van der Waals surface area (Å²) in [5.74, 6) is 0. The Labute approximate surface area is 302 Å². The van der Waals surface area contributed by atoms with Crippen molar-refractivity contribution in [3.63, 3.8) is 0 Å². The fraction of sp³-hybridized carbons (Fsp3) is 0.0455. The molecule has 7 aromatic rings. The lowest BCUT2D eigenvalue weighted by Crippen LogP contribution is -2.36. The topological polar surface area (TPSA) is 0 Å². The minimum absolute atomic E-state index is 0.0334. The van der Waals surface area contributed by atoms with E-state index in [9.17, 15) is 0 Å². The van der Waals surface area contributed by atoms with Crippen LogP contribution in [-0.4, -0.2) is 0 Å². The van der Waals surface area contributed by atoms with E-state index in [0.29, 0.717) is 0 Å². The van der Waals surface area contributed by atoms with E-state index < -0.39 is 19.8 Å². The zero-order valence-electron chi connectivity index (χ0n) is 26.9. The predicted octanol–water partition coefficient (Wildman–Crippen LogP) is 9.63. The number of benzene rings is 7. The Balaban J connectivity index is 1.54. The SMILES string of the molecule is S=P1([S-])C([P+](c2ccccc2)(c2ccccc2)c2ccccc2)c2ccccc2C1[P+](c1ccccc1)(c1ccccc1)c1ccccc1. The van der Waals surface area contributed by atoms with Gasteiger partial charge in [-0.15, -0.1) is 11.8 Å². The van der Waals surface area contributed by atoms with Crippen LogP contribution < -0.4 is 31.8 Å². The summed E-state index contributed by atoms with van der Waals surface area (Å²) >= 11 is 14.7. The van der Waals surface area contributed by atoms with Crippen molar-refractivity contribution in [3.05, 3.63) is 217 Å². The van der Waals surface area contributed by atoms with Crippen LogP contribution in [0.15, 0.2) is 206 Å². The highest BCUT2D eigenvalue weighted by molar-refractivity contribution is 8.58. The molecule has 0 saturated heterocycles. The zero-order valence-corrected chi connectivity index (χ0v) is 31.3. The Morgan fingerprint density at radius 3 is 0.714 bits per heavy atom. The molecule has 0 bridgehead atoms. The van der Waals surface area contributed by atoms with Crippen LogP contribution in [0.4, 0.5) is 0 Å². The van der Waals surface area contributed by atoms with Gasteiger partial charge in [0.1, 0.15) is 57.2 Å². The summed E-state index contributed by atoms with van der Waals surface area (Å²) in [7, 11) is -4.96. The summed E-state index contributed by atoms with van der Waals surface area (Å²) in [5.41, 5.74) is 2.67. The first-order valence-corrected chi connectivity index (χ1v) is 24.3. The van der Waals surface area contributed by atoms with Crippen LogP contribution in [0, 0.1) is 0 Å². The van der Waals surface area contributed by atoms with Gasteiger partial charge in [-0.1, -0.05) is 139 Å². The summed E-state index contributed by atoms with van der Waals surface area (Å²) in [6.07, 6.45) is 0. The van der Waals surface area contributed by atoms with Crippen molar-refractivity contribution in [3.8, 4) is 0 Å². The molecule has 238 valence electrons. The summed E-state index contributed by atoms with van der Waals surface area (Å²) < 4.78 is 0. The maximum Gasteiger partial charge on any atom is 0.122 e. The molecule has 1 aliphatic rings. The normalized spacial score (nSPS) is 18.9. The van der Waals surface area contributed by atoms with Gasteiger partial charge in [0.05, 0.1) is 0 Å². The third-order valence-electron chi connectivity index (χ3n) is 9.95. The average molecular weight is 722 g/mol. The van der Waals surface area contributed by atoms with E-state index in [-0.39, 0.29) is 10.8 Å². The van der Waals surface area contributed by atoms with E-state index in [1.165, 1.54) is 43.0 Å². The van der Waals surface area contributed by atoms with Gasteiger partial charge >= 0.3 is 0 Å². The minimum Gasteiger partial charge on any atom is -0.738 e. The maximum atomic E-state index is 7.33. The third kappa shape index (κ3) is 5.24. The van der Waals surface area contributed by atoms with E-state index in [4.69, 9.17) is 24.1 Å². The molecule has 8 rings (SSSR count). The van der Waals surface area contributed by atoms with E-state index in [2.05, 4.69) is 206 Å². The maximum absolute atomic E-state index is 7.33. The Morgan fingerprint density at radius 2 is 0.510 bits per heavy atom. The Kier molecular flexibility index (Phi) is 9.05. The molecular formula is C44H36P3S2+. The second-order valence-electron chi connectivity index (χ2n) is 12.5. The molecule has 0 fully saturated rings. The molecule has 0 amide bonds. The minimum atomic E-state index is -2.77. The highest BCUT2D eigenvalue weighted by Crippen LogP contribution is 2.95. The van der Waals surface area contributed by atoms with Gasteiger partial charge in [-0.3, -0.25) is 0 Å². The molecule has 0 spiro atoms. The van der Waals surface area contributed by atoms with Crippen LogP contribution in [0.25, 0.3) is 0 Å². The molecule has 1 heterocycles. The molecule has 2 atom stereocenters. The van der Waals surface area contributed by atoms with Crippen LogP contribution in [-0.2, 0) is 24.1 Å². The molecule has 2 unspecified atom stereocenters. The van der Waals surface area contributed by atoms with Crippen LogP contribution >= 0.6 is 19.8 Å².